The van der Waals surface area contributed by atoms with Crippen LogP contribution in [0.2, 0.25) is 5.02 Å². The summed E-state index contributed by atoms with van der Waals surface area (Å²) in [6.45, 7) is -0.830. The molecule has 1 amide bonds. The van der Waals surface area contributed by atoms with Gasteiger partial charge in [0.05, 0.1) is 16.3 Å². The summed E-state index contributed by atoms with van der Waals surface area (Å²) in [5, 5.41) is 2.09. The van der Waals surface area contributed by atoms with Crippen LogP contribution in [-0.2, 0) is 20.5 Å². The molecule has 10 heteroatoms. The molecule has 3 rings (SSSR count). The number of esters is 1. The molecule has 0 spiro atoms. The van der Waals surface area contributed by atoms with E-state index >= 15 is 0 Å². The molecule has 0 fully saturated rings. The topological polar surface area (TPSA) is 73.9 Å². The first-order chi connectivity index (χ1) is 13.2. The fraction of sp³-hybridized carbons (Fsp3) is 0.222. The highest BCUT2D eigenvalue weighted by molar-refractivity contribution is 6.33. The van der Waals surface area contributed by atoms with Crippen LogP contribution in [0.25, 0.3) is 0 Å². The maximum atomic E-state index is 12.8. The molecule has 0 aromatic heterocycles. The number of rotatable bonds is 4. The van der Waals surface area contributed by atoms with Gasteiger partial charge < -0.3 is 19.5 Å². The minimum Gasteiger partial charge on any atom is -0.485 e. The van der Waals surface area contributed by atoms with Crippen molar-refractivity contribution in [2.45, 2.75) is 12.3 Å². The molecule has 6 nitrogen and oxygen atoms in total. The highest BCUT2D eigenvalue weighted by Crippen LogP contribution is 2.34. The number of carbonyl (C=O) groups is 2. The van der Waals surface area contributed by atoms with Gasteiger partial charge in [0.25, 0.3) is 5.91 Å². The minimum absolute atomic E-state index is 0.0895. The second kappa shape index (κ2) is 7.97. The van der Waals surface area contributed by atoms with Crippen molar-refractivity contribution in [2.75, 3.05) is 18.5 Å². The Kier molecular flexibility index (Phi) is 5.64. The van der Waals surface area contributed by atoms with Crippen LogP contribution in [0.4, 0.5) is 18.9 Å². The van der Waals surface area contributed by atoms with Gasteiger partial charge in [0.1, 0.15) is 6.61 Å². The Labute approximate surface area is 162 Å². The van der Waals surface area contributed by atoms with E-state index in [2.05, 4.69) is 5.32 Å². The van der Waals surface area contributed by atoms with Crippen LogP contribution in [0.15, 0.2) is 42.5 Å². The minimum atomic E-state index is -4.59. The summed E-state index contributed by atoms with van der Waals surface area (Å²) in [5.74, 6) is -0.870. The number of hydrogen-bond acceptors (Lipinski definition) is 5. The molecule has 1 unspecified atom stereocenters. The molecule has 0 radical (unpaired) electrons. The quantitative estimate of drug-likeness (QED) is 0.771. The van der Waals surface area contributed by atoms with Crippen molar-refractivity contribution in [3.05, 3.63) is 53.1 Å². The summed E-state index contributed by atoms with van der Waals surface area (Å²) in [4.78, 5) is 23.9. The standard InChI is InChI=1S/C18H13ClF3NO5/c19-11-6-5-10(18(20,21)22)7-12(11)23-16(24)9-27-17(25)15-8-26-13-3-1-2-4-14(13)28-15/h1-7,15H,8-9H2,(H,23,24). The van der Waals surface area contributed by atoms with E-state index in [9.17, 15) is 22.8 Å². The van der Waals surface area contributed by atoms with Gasteiger partial charge in [0.15, 0.2) is 18.1 Å². The van der Waals surface area contributed by atoms with Gasteiger partial charge in [-0.2, -0.15) is 13.2 Å². The van der Waals surface area contributed by atoms with E-state index in [1.165, 1.54) is 0 Å². The molecule has 0 saturated heterocycles. The lowest BCUT2D eigenvalue weighted by Crippen LogP contribution is -2.39. The molecular weight excluding hydrogens is 403 g/mol. The molecule has 28 heavy (non-hydrogen) atoms. The van der Waals surface area contributed by atoms with Crippen LogP contribution in [0, 0.1) is 0 Å². The average Bonchev–Trinajstić information content (AvgIpc) is 2.66. The van der Waals surface area contributed by atoms with Gasteiger partial charge in [-0.3, -0.25) is 4.79 Å². The van der Waals surface area contributed by atoms with Crippen LogP contribution in [0.5, 0.6) is 11.5 Å². The molecule has 2 aromatic rings. The SMILES string of the molecule is O=C(COC(=O)C1COc2ccccc2O1)Nc1cc(C(F)(F)F)ccc1Cl. The van der Waals surface area contributed by atoms with E-state index in [4.69, 9.17) is 25.8 Å². The van der Waals surface area contributed by atoms with Crippen molar-refractivity contribution in [1.82, 2.24) is 0 Å². The summed E-state index contributed by atoms with van der Waals surface area (Å²) in [5.41, 5.74) is -1.22. The Morgan fingerprint density at radius 2 is 1.89 bits per heavy atom. The van der Waals surface area contributed by atoms with Crippen molar-refractivity contribution in [1.29, 1.82) is 0 Å². The number of benzene rings is 2. The van der Waals surface area contributed by atoms with E-state index < -0.39 is 36.3 Å². The zero-order valence-electron chi connectivity index (χ0n) is 14.1. The van der Waals surface area contributed by atoms with Gasteiger partial charge in [-0.15, -0.1) is 0 Å². The summed E-state index contributed by atoms with van der Waals surface area (Å²) < 4.78 is 53.9. The van der Waals surface area contributed by atoms with E-state index in [0.29, 0.717) is 17.6 Å². The fourth-order valence-electron chi connectivity index (χ4n) is 2.35. The number of nitrogens with one attached hydrogen (secondary N) is 1. The van der Waals surface area contributed by atoms with E-state index in [0.717, 1.165) is 12.1 Å². The van der Waals surface area contributed by atoms with Crippen LogP contribution in [0.1, 0.15) is 5.56 Å². The second-order valence-corrected chi connectivity index (χ2v) is 6.12. The molecule has 1 aliphatic rings. The predicted molar refractivity (Wildman–Crippen MR) is 92.4 cm³/mol. The first-order valence-corrected chi connectivity index (χ1v) is 8.33. The van der Waals surface area contributed by atoms with Crippen molar-refractivity contribution >= 4 is 29.2 Å². The number of amides is 1. The summed E-state index contributed by atoms with van der Waals surface area (Å²) in [6, 6.07) is 9.20. The Hall–Kier alpha value is -2.94. The maximum Gasteiger partial charge on any atom is 0.416 e. The van der Waals surface area contributed by atoms with Gasteiger partial charge in [0.2, 0.25) is 6.10 Å². The smallest absolute Gasteiger partial charge is 0.416 e. The summed E-state index contributed by atoms with van der Waals surface area (Å²) in [6.07, 6.45) is -5.66. The first kappa shape index (κ1) is 19.8. The summed E-state index contributed by atoms with van der Waals surface area (Å²) >= 11 is 5.80. The third-order valence-electron chi connectivity index (χ3n) is 3.68. The van der Waals surface area contributed by atoms with Crippen LogP contribution in [-0.4, -0.2) is 31.2 Å². The molecule has 1 aliphatic heterocycles. The number of halogens is 4. The second-order valence-electron chi connectivity index (χ2n) is 5.71. The zero-order valence-corrected chi connectivity index (χ0v) is 14.8. The molecule has 0 saturated carbocycles. The predicted octanol–water partition coefficient (Wildman–Crippen LogP) is 3.68. The van der Waals surface area contributed by atoms with Crippen LogP contribution < -0.4 is 14.8 Å². The van der Waals surface area contributed by atoms with Crippen molar-refractivity contribution in [2.24, 2.45) is 0 Å². The van der Waals surface area contributed by atoms with Gasteiger partial charge in [-0.05, 0) is 30.3 Å². The highest BCUT2D eigenvalue weighted by Gasteiger charge is 2.31. The first-order valence-electron chi connectivity index (χ1n) is 7.96. The molecule has 148 valence electrons. The molecule has 1 N–H and O–H groups in total. The largest absolute Gasteiger partial charge is 0.485 e. The monoisotopic (exact) mass is 415 g/mol. The van der Waals surface area contributed by atoms with Gasteiger partial charge in [-0.1, -0.05) is 23.7 Å². The van der Waals surface area contributed by atoms with Crippen LogP contribution >= 0.6 is 11.6 Å². The van der Waals surface area contributed by atoms with Crippen LogP contribution in [0.3, 0.4) is 0 Å². The van der Waals surface area contributed by atoms with E-state index in [1.807, 2.05) is 0 Å². The molecular formula is C18H13ClF3NO5. The number of alkyl halides is 3. The van der Waals surface area contributed by atoms with Gasteiger partial charge in [0, 0.05) is 0 Å². The maximum absolute atomic E-state index is 12.8. The Morgan fingerprint density at radius 3 is 2.61 bits per heavy atom. The number of para-hydroxylation sites is 2. The van der Waals surface area contributed by atoms with Gasteiger partial charge >= 0.3 is 12.1 Å². The summed E-state index contributed by atoms with van der Waals surface area (Å²) in [7, 11) is 0. The number of carbonyl (C=O) groups excluding carboxylic acids is 2. The highest BCUT2D eigenvalue weighted by atomic mass is 35.5. The number of fused-ring (bicyclic) bond motifs is 1. The Morgan fingerprint density at radius 1 is 1.18 bits per heavy atom. The van der Waals surface area contributed by atoms with Gasteiger partial charge in [-0.25, -0.2) is 4.79 Å². The molecule has 2 aromatic carbocycles. The lowest BCUT2D eigenvalue weighted by atomic mass is 10.2. The molecule has 0 aliphatic carbocycles. The van der Waals surface area contributed by atoms with Crippen molar-refractivity contribution < 1.29 is 37.0 Å². The van der Waals surface area contributed by atoms with E-state index in [1.54, 1.807) is 24.3 Å². The third kappa shape index (κ3) is 4.66. The zero-order chi connectivity index (χ0) is 20.3. The lowest BCUT2D eigenvalue weighted by molar-refractivity contribution is -0.156. The number of hydrogen-bond donors (Lipinski definition) is 1. The third-order valence-corrected chi connectivity index (χ3v) is 4.01. The van der Waals surface area contributed by atoms with E-state index in [-0.39, 0.29) is 17.3 Å². The normalized spacial score (nSPS) is 15.6. The number of anilines is 1. The Balaban J connectivity index is 1.56. The Bertz CT molecular complexity index is 903. The molecule has 1 heterocycles. The van der Waals surface area contributed by atoms with Crippen molar-refractivity contribution in [3.8, 4) is 11.5 Å². The molecule has 0 bridgehead atoms. The van der Waals surface area contributed by atoms with Crippen molar-refractivity contribution in [3.63, 3.8) is 0 Å². The molecule has 1 atom stereocenters. The lowest BCUT2D eigenvalue weighted by Gasteiger charge is -2.24. The fourth-order valence-corrected chi connectivity index (χ4v) is 2.51. The number of ether oxygens (including phenoxy) is 3. The average molecular weight is 416 g/mol.